The molecule has 0 unspecified atom stereocenters. The zero-order chi connectivity index (χ0) is 12.1. The van der Waals surface area contributed by atoms with Gasteiger partial charge < -0.3 is 10.6 Å². The van der Waals surface area contributed by atoms with Crippen LogP contribution in [0.25, 0.3) is 0 Å². The fraction of sp³-hybridized carbons (Fsp3) is 0.500. The van der Waals surface area contributed by atoms with Gasteiger partial charge in [0.1, 0.15) is 6.20 Å². The van der Waals surface area contributed by atoms with Gasteiger partial charge in [-0.25, -0.2) is 4.98 Å². The highest BCUT2D eigenvalue weighted by atomic mass is 32.2. The van der Waals surface area contributed by atoms with E-state index in [0.29, 0.717) is 6.54 Å². The molecule has 16 heavy (non-hydrogen) atoms. The van der Waals surface area contributed by atoms with Crippen LogP contribution in [0.15, 0.2) is 6.20 Å². The van der Waals surface area contributed by atoms with Crippen LogP contribution < -0.4 is 10.6 Å². The first-order valence-corrected chi connectivity index (χ1v) is 5.92. The number of hydrogen-bond donors (Lipinski definition) is 1. The van der Waals surface area contributed by atoms with E-state index in [1.54, 1.807) is 23.7 Å². The Morgan fingerprint density at radius 3 is 2.94 bits per heavy atom. The molecule has 0 aromatic carbocycles. The Kier molecular flexibility index (Phi) is 4.29. The Labute approximate surface area is 97.2 Å². The van der Waals surface area contributed by atoms with Gasteiger partial charge in [-0.2, -0.15) is 16.7 Å². The van der Waals surface area contributed by atoms with Gasteiger partial charge in [-0.05, 0) is 6.26 Å². The van der Waals surface area contributed by atoms with Crippen molar-refractivity contribution in [2.45, 2.75) is 0 Å². The van der Waals surface area contributed by atoms with E-state index in [4.69, 9.17) is 5.73 Å². The molecule has 0 saturated heterocycles. The molecule has 0 amide bonds. The van der Waals surface area contributed by atoms with Gasteiger partial charge in [0, 0.05) is 19.3 Å². The summed E-state index contributed by atoms with van der Waals surface area (Å²) in [6.45, 7) is 0.665. The fourth-order valence-corrected chi connectivity index (χ4v) is 1.58. The lowest BCUT2D eigenvalue weighted by Gasteiger charge is -2.16. The summed E-state index contributed by atoms with van der Waals surface area (Å²) in [5.41, 5.74) is 5.29. The monoisotopic (exact) mass is 243 g/mol. The first kappa shape index (κ1) is 12.5. The Morgan fingerprint density at radius 1 is 1.69 bits per heavy atom. The molecule has 1 rings (SSSR count). The van der Waals surface area contributed by atoms with Crippen LogP contribution >= 0.6 is 11.8 Å². The molecule has 0 fully saturated rings. The van der Waals surface area contributed by atoms with Crippen molar-refractivity contribution in [1.29, 1.82) is 0 Å². The largest absolute Gasteiger partial charge is 0.368 e. The Morgan fingerprint density at radius 2 is 2.38 bits per heavy atom. The lowest BCUT2D eigenvalue weighted by atomic mass is 10.4. The minimum Gasteiger partial charge on any atom is -0.368 e. The summed E-state index contributed by atoms with van der Waals surface area (Å²) in [4.78, 5) is 19.5. The molecule has 0 radical (unpaired) electrons. The van der Waals surface area contributed by atoms with Crippen LogP contribution in [-0.2, 0) is 0 Å². The molecule has 0 saturated carbocycles. The molecule has 0 aliphatic heterocycles. The van der Waals surface area contributed by atoms with Crippen molar-refractivity contribution in [1.82, 2.24) is 9.97 Å². The van der Waals surface area contributed by atoms with Gasteiger partial charge >= 0.3 is 5.69 Å². The van der Waals surface area contributed by atoms with Gasteiger partial charge in [-0.1, -0.05) is 0 Å². The molecule has 0 bridgehead atoms. The Balaban J connectivity index is 2.99. The summed E-state index contributed by atoms with van der Waals surface area (Å²) >= 11 is 1.66. The quantitative estimate of drug-likeness (QED) is 0.602. The molecule has 2 N–H and O–H groups in total. The third-order valence-corrected chi connectivity index (χ3v) is 2.55. The standard InChI is InChI=1S/C8H13N5O2S/c1-12(3-4-16-2)7-6(13(14)15)5-10-8(9)11-7/h5H,3-4H2,1-2H3,(H2,9,10,11). The number of thioether (sulfide) groups is 1. The zero-order valence-electron chi connectivity index (χ0n) is 9.08. The predicted molar refractivity (Wildman–Crippen MR) is 64.8 cm³/mol. The second-order valence-electron chi connectivity index (χ2n) is 3.11. The first-order valence-electron chi connectivity index (χ1n) is 4.53. The van der Waals surface area contributed by atoms with Crippen molar-refractivity contribution in [3.63, 3.8) is 0 Å². The highest BCUT2D eigenvalue weighted by Crippen LogP contribution is 2.24. The number of nitrogens with zero attached hydrogens (tertiary/aromatic N) is 4. The Hall–Kier alpha value is -1.57. The summed E-state index contributed by atoms with van der Waals surface area (Å²) in [5, 5.41) is 10.8. The van der Waals surface area contributed by atoms with Crippen LogP contribution in [0.3, 0.4) is 0 Å². The molecule has 1 heterocycles. The number of aromatic nitrogens is 2. The molecule has 88 valence electrons. The maximum atomic E-state index is 10.8. The third kappa shape index (κ3) is 2.96. The molecular formula is C8H13N5O2S. The SMILES string of the molecule is CSCCN(C)c1nc(N)ncc1[N+](=O)[O-]. The molecule has 1 aromatic rings. The van der Waals surface area contributed by atoms with Gasteiger partial charge in [0.15, 0.2) is 0 Å². The molecule has 8 heteroatoms. The van der Waals surface area contributed by atoms with E-state index in [1.165, 1.54) is 0 Å². The highest BCUT2D eigenvalue weighted by molar-refractivity contribution is 7.98. The lowest BCUT2D eigenvalue weighted by molar-refractivity contribution is -0.384. The van der Waals surface area contributed by atoms with Crippen molar-refractivity contribution in [2.75, 3.05) is 36.2 Å². The normalized spacial score (nSPS) is 10.1. The average Bonchev–Trinajstić information content (AvgIpc) is 2.25. The number of nitrogen functional groups attached to an aromatic ring is 1. The van der Waals surface area contributed by atoms with Crippen molar-refractivity contribution in [2.24, 2.45) is 0 Å². The molecule has 0 aliphatic rings. The first-order chi connectivity index (χ1) is 7.56. The number of nitro groups is 1. The average molecular weight is 243 g/mol. The predicted octanol–water partition coefficient (Wildman–Crippen LogP) is 0.766. The van der Waals surface area contributed by atoms with Gasteiger partial charge in [0.05, 0.1) is 4.92 Å². The van der Waals surface area contributed by atoms with Gasteiger partial charge in [-0.15, -0.1) is 0 Å². The molecule has 7 nitrogen and oxygen atoms in total. The van der Waals surface area contributed by atoms with Crippen molar-refractivity contribution < 1.29 is 4.92 Å². The molecular weight excluding hydrogens is 230 g/mol. The summed E-state index contributed by atoms with van der Waals surface area (Å²) in [6.07, 6.45) is 3.10. The van der Waals surface area contributed by atoms with E-state index in [9.17, 15) is 10.1 Å². The van der Waals surface area contributed by atoms with Gasteiger partial charge in [0.2, 0.25) is 11.8 Å². The molecule has 1 aromatic heterocycles. The van der Waals surface area contributed by atoms with Gasteiger partial charge in [-0.3, -0.25) is 10.1 Å². The minimum atomic E-state index is -0.510. The summed E-state index contributed by atoms with van der Waals surface area (Å²) < 4.78 is 0. The van der Waals surface area contributed by atoms with E-state index in [0.717, 1.165) is 11.9 Å². The second kappa shape index (κ2) is 5.50. The van der Waals surface area contributed by atoms with Crippen LogP contribution in [0, 0.1) is 10.1 Å². The van der Waals surface area contributed by atoms with Crippen LogP contribution in [-0.4, -0.2) is 40.5 Å². The minimum absolute atomic E-state index is 0.0385. The second-order valence-corrected chi connectivity index (χ2v) is 4.09. The molecule has 0 aliphatic carbocycles. The van der Waals surface area contributed by atoms with E-state index >= 15 is 0 Å². The van der Waals surface area contributed by atoms with E-state index < -0.39 is 4.92 Å². The van der Waals surface area contributed by atoms with Crippen LogP contribution in [0.4, 0.5) is 17.5 Å². The van der Waals surface area contributed by atoms with E-state index in [-0.39, 0.29) is 17.5 Å². The smallest absolute Gasteiger partial charge is 0.329 e. The number of hydrogen-bond acceptors (Lipinski definition) is 7. The van der Waals surface area contributed by atoms with E-state index in [1.807, 2.05) is 6.26 Å². The molecule has 0 spiro atoms. The number of anilines is 2. The maximum absolute atomic E-state index is 10.8. The summed E-state index contributed by atoms with van der Waals surface area (Å²) in [5.74, 6) is 1.15. The highest BCUT2D eigenvalue weighted by Gasteiger charge is 2.19. The topological polar surface area (TPSA) is 98.2 Å². The molecule has 0 atom stereocenters. The van der Waals surface area contributed by atoms with E-state index in [2.05, 4.69) is 9.97 Å². The fourth-order valence-electron chi connectivity index (χ4n) is 1.12. The van der Waals surface area contributed by atoms with Crippen LogP contribution in [0.5, 0.6) is 0 Å². The van der Waals surface area contributed by atoms with Crippen molar-refractivity contribution >= 4 is 29.2 Å². The Bertz CT molecular complexity index is 387. The number of nitrogens with two attached hydrogens (primary N) is 1. The summed E-state index contributed by atoms with van der Waals surface area (Å²) in [7, 11) is 1.74. The number of rotatable bonds is 5. The summed E-state index contributed by atoms with van der Waals surface area (Å²) in [6, 6.07) is 0. The van der Waals surface area contributed by atoms with Crippen LogP contribution in [0.1, 0.15) is 0 Å². The van der Waals surface area contributed by atoms with Gasteiger partial charge in [0.25, 0.3) is 0 Å². The van der Waals surface area contributed by atoms with Crippen LogP contribution in [0.2, 0.25) is 0 Å². The third-order valence-electron chi connectivity index (χ3n) is 1.96. The van der Waals surface area contributed by atoms with Crippen molar-refractivity contribution in [3.8, 4) is 0 Å². The van der Waals surface area contributed by atoms with Crippen molar-refractivity contribution in [3.05, 3.63) is 16.3 Å². The zero-order valence-corrected chi connectivity index (χ0v) is 9.90. The maximum Gasteiger partial charge on any atom is 0.329 e. The lowest BCUT2D eigenvalue weighted by Crippen LogP contribution is -2.23.